The number of carbonyl (C=O) groups excluding carboxylic acids is 1. The molecule has 23 heavy (non-hydrogen) atoms. The van der Waals surface area contributed by atoms with Crippen molar-refractivity contribution >= 4 is 40.2 Å². The first-order valence-electron chi connectivity index (χ1n) is 6.74. The molecule has 0 aliphatic heterocycles. The Kier molecular flexibility index (Phi) is 4.30. The fourth-order valence-electron chi connectivity index (χ4n) is 2.54. The van der Waals surface area contributed by atoms with Crippen molar-refractivity contribution in [3.05, 3.63) is 68.4 Å². The van der Waals surface area contributed by atoms with E-state index in [0.29, 0.717) is 32.3 Å². The minimum Gasteiger partial charge on any atom is -0.322 e. The first-order chi connectivity index (χ1) is 11.1. The van der Waals surface area contributed by atoms with E-state index in [0.717, 1.165) is 5.39 Å². The highest BCUT2D eigenvalue weighted by Crippen LogP contribution is 2.35. The summed E-state index contributed by atoms with van der Waals surface area (Å²) in [5.74, 6) is 0. The molecule has 6 heteroatoms. The Morgan fingerprint density at radius 2 is 1.91 bits per heavy atom. The number of H-pyrrole nitrogens is 1. The lowest BCUT2D eigenvalue weighted by Crippen LogP contribution is -2.14. The van der Waals surface area contributed by atoms with Gasteiger partial charge in [0.1, 0.15) is 0 Å². The van der Waals surface area contributed by atoms with E-state index in [1.807, 2.05) is 12.1 Å². The van der Waals surface area contributed by atoms with E-state index in [2.05, 4.69) is 9.98 Å². The van der Waals surface area contributed by atoms with Crippen LogP contribution in [0, 0.1) is 0 Å². The largest absolute Gasteiger partial charge is 0.322 e. The summed E-state index contributed by atoms with van der Waals surface area (Å²) < 4.78 is 0. The van der Waals surface area contributed by atoms with Crippen molar-refractivity contribution < 1.29 is 4.79 Å². The number of rotatable bonds is 3. The number of aromatic amines is 1. The number of aromatic nitrogens is 1. The number of aliphatic imine (C=N–C) groups is 1. The van der Waals surface area contributed by atoms with Crippen LogP contribution in [0.2, 0.25) is 10.0 Å². The summed E-state index contributed by atoms with van der Waals surface area (Å²) >= 11 is 12.4. The van der Waals surface area contributed by atoms with Gasteiger partial charge in [-0.25, -0.2) is 9.79 Å². The average Bonchev–Trinajstić information content (AvgIpc) is 2.54. The highest BCUT2D eigenvalue weighted by molar-refractivity contribution is 6.34. The van der Waals surface area contributed by atoms with Crippen LogP contribution in [-0.4, -0.2) is 11.1 Å². The zero-order valence-corrected chi connectivity index (χ0v) is 13.3. The van der Waals surface area contributed by atoms with Gasteiger partial charge in [0.15, 0.2) is 0 Å². The van der Waals surface area contributed by atoms with E-state index in [1.54, 1.807) is 30.3 Å². The number of hydrogen-bond donors (Lipinski definition) is 1. The first-order valence-corrected chi connectivity index (χ1v) is 7.50. The Bertz CT molecular complexity index is 1010. The lowest BCUT2D eigenvalue weighted by atomic mass is 9.96. The van der Waals surface area contributed by atoms with Crippen LogP contribution in [-0.2, 0) is 11.3 Å². The van der Waals surface area contributed by atoms with Gasteiger partial charge in [-0.2, -0.15) is 0 Å². The Morgan fingerprint density at radius 3 is 2.65 bits per heavy atom. The third-order valence-electron chi connectivity index (χ3n) is 3.52. The smallest absolute Gasteiger partial charge is 0.254 e. The summed E-state index contributed by atoms with van der Waals surface area (Å²) in [5.41, 5.74) is 1.96. The number of nitrogens with one attached hydrogen (secondary N) is 1. The van der Waals surface area contributed by atoms with Crippen molar-refractivity contribution in [2.75, 3.05) is 0 Å². The van der Waals surface area contributed by atoms with Gasteiger partial charge < -0.3 is 4.98 Å². The molecule has 0 radical (unpaired) electrons. The Hall–Kier alpha value is -2.39. The maximum atomic E-state index is 12.4. The van der Waals surface area contributed by atoms with E-state index in [-0.39, 0.29) is 12.1 Å². The van der Waals surface area contributed by atoms with Crippen molar-refractivity contribution in [3.8, 4) is 11.1 Å². The highest BCUT2D eigenvalue weighted by atomic mass is 35.5. The predicted octanol–water partition coefficient (Wildman–Crippen LogP) is 4.34. The van der Waals surface area contributed by atoms with Gasteiger partial charge in [0.05, 0.1) is 6.54 Å². The number of isocyanates is 1. The van der Waals surface area contributed by atoms with Crippen LogP contribution in [0.4, 0.5) is 0 Å². The Balaban J connectivity index is 2.48. The Labute approximate surface area is 141 Å². The molecule has 2 aromatic carbocycles. The third-order valence-corrected chi connectivity index (χ3v) is 4.08. The summed E-state index contributed by atoms with van der Waals surface area (Å²) in [7, 11) is 0. The second-order valence-corrected chi connectivity index (χ2v) is 5.73. The third kappa shape index (κ3) is 2.92. The van der Waals surface area contributed by atoms with E-state index >= 15 is 0 Å². The number of nitrogens with zero attached hydrogens (tertiary/aromatic N) is 1. The van der Waals surface area contributed by atoms with Gasteiger partial charge in [0, 0.05) is 37.6 Å². The summed E-state index contributed by atoms with van der Waals surface area (Å²) in [5, 5.41) is 1.76. The molecule has 3 rings (SSSR count). The summed E-state index contributed by atoms with van der Waals surface area (Å²) in [6, 6.07) is 12.3. The van der Waals surface area contributed by atoms with Gasteiger partial charge in [0.25, 0.3) is 5.56 Å². The standard InChI is InChI=1S/C17H10Cl2N2O2/c18-10-5-6-15-12(7-10)16(11-3-1-2-4-14(11)19)13(8-20-9-22)17(23)21-15/h1-7H,8H2,(H,21,23). The fraction of sp³-hybridized carbons (Fsp3) is 0.0588. The molecular formula is C17H10Cl2N2O2. The second-order valence-electron chi connectivity index (χ2n) is 4.88. The molecule has 0 atom stereocenters. The van der Waals surface area contributed by atoms with E-state index in [9.17, 15) is 9.59 Å². The molecule has 1 aromatic heterocycles. The van der Waals surface area contributed by atoms with Crippen LogP contribution >= 0.6 is 23.2 Å². The summed E-state index contributed by atoms with van der Waals surface area (Å²) in [4.78, 5) is 29.2. The molecule has 0 saturated heterocycles. The monoisotopic (exact) mass is 344 g/mol. The number of pyridine rings is 1. The maximum Gasteiger partial charge on any atom is 0.254 e. The molecular weight excluding hydrogens is 335 g/mol. The van der Waals surface area contributed by atoms with Crippen molar-refractivity contribution in [2.45, 2.75) is 6.54 Å². The highest BCUT2D eigenvalue weighted by Gasteiger charge is 2.16. The van der Waals surface area contributed by atoms with Crippen LogP contribution in [0.3, 0.4) is 0 Å². The predicted molar refractivity (Wildman–Crippen MR) is 91.9 cm³/mol. The molecule has 1 heterocycles. The van der Waals surface area contributed by atoms with Crippen LogP contribution in [0.15, 0.2) is 52.3 Å². The molecule has 0 spiro atoms. The van der Waals surface area contributed by atoms with Crippen LogP contribution < -0.4 is 5.56 Å². The molecule has 114 valence electrons. The van der Waals surface area contributed by atoms with E-state index in [4.69, 9.17) is 23.2 Å². The van der Waals surface area contributed by atoms with Gasteiger partial charge in [-0.3, -0.25) is 4.79 Å². The maximum absolute atomic E-state index is 12.4. The fourth-order valence-corrected chi connectivity index (χ4v) is 2.94. The molecule has 0 amide bonds. The molecule has 0 aliphatic rings. The molecule has 3 aromatic rings. The van der Waals surface area contributed by atoms with Crippen molar-refractivity contribution in [1.29, 1.82) is 0 Å². The first kappa shape index (κ1) is 15.5. The number of benzene rings is 2. The quantitative estimate of drug-likeness (QED) is 0.567. The zero-order valence-electron chi connectivity index (χ0n) is 11.8. The molecule has 0 fully saturated rings. The molecule has 0 bridgehead atoms. The number of halogens is 2. The van der Waals surface area contributed by atoms with Crippen LogP contribution in [0.1, 0.15) is 5.56 Å². The van der Waals surface area contributed by atoms with Crippen LogP contribution in [0.25, 0.3) is 22.0 Å². The Morgan fingerprint density at radius 1 is 1.13 bits per heavy atom. The van der Waals surface area contributed by atoms with Crippen LogP contribution in [0.5, 0.6) is 0 Å². The number of hydrogen-bond acceptors (Lipinski definition) is 3. The topological polar surface area (TPSA) is 62.3 Å². The SMILES string of the molecule is O=C=NCc1c(-c2ccccc2Cl)c2cc(Cl)ccc2[nH]c1=O. The normalized spacial score (nSPS) is 10.5. The average molecular weight is 345 g/mol. The van der Waals surface area contributed by atoms with Gasteiger partial charge in [-0.05, 0) is 24.3 Å². The summed E-state index contributed by atoms with van der Waals surface area (Å²) in [6.45, 7) is -0.0815. The molecule has 0 saturated carbocycles. The van der Waals surface area contributed by atoms with Gasteiger partial charge in [-0.15, -0.1) is 0 Å². The van der Waals surface area contributed by atoms with Crippen molar-refractivity contribution in [1.82, 2.24) is 4.98 Å². The molecule has 1 N–H and O–H groups in total. The van der Waals surface area contributed by atoms with Crippen molar-refractivity contribution in [2.24, 2.45) is 4.99 Å². The summed E-state index contributed by atoms with van der Waals surface area (Å²) in [6.07, 6.45) is 1.46. The lowest BCUT2D eigenvalue weighted by molar-refractivity contribution is 0.562. The molecule has 0 unspecified atom stereocenters. The molecule has 0 aliphatic carbocycles. The van der Waals surface area contributed by atoms with Gasteiger partial charge in [-0.1, -0.05) is 41.4 Å². The zero-order chi connectivity index (χ0) is 16.4. The van der Waals surface area contributed by atoms with E-state index < -0.39 is 0 Å². The van der Waals surface area contributed by atoms with Gasteiger partial charge in [0.2, 0.25) is 6.08 Å². The molecule has 4 nitrogen and oxygen atoms in total. The second kappa shape index (κ2) is 6.39. The minimum absolute atomic E-state index is 0.0815. The lowest BCUT2D eigenvalue weighted by Gasteiger charge is -2.13. The number of fused-ring (bicyclic) bond motifs is 1. The van der Waals surface area contributed by atoms with E-state index in [1.165, 1.54) is 6.08 Å². The minimum atomic E-state index is -0.325. The van der Waals surface area contributed by atoms with Crippen molar-refractivity contribution in [3.63, 3.8) is 0 Å². The van der Waals surface area contributed by atoms with Gasteiger partial charge >= 0.3 is 0 Å².